The van der Waals surface area contributed by atoms with Crippen LogP contribution in [0.15, 0.2) is 4.90 Å². The van der Waals surface area contributed by atoms with E-state index in [1.807, 2.05) is 0 Å². The van der Waals surface area contributed by atoms with E-state index in [0.29, 0.717) is 6.26 Å². The number of esters is 1. The van der Waals surface area contributed by atoms with Gasteiger partial charge in [-0.3, -0.25) is 13.5 Å². The van der Waals surface area contributed by atoms with Crippen molar-refractivity contribution in [2.24, 2.45) is 0 Å². The van der Waals surface area contributed by atoms with Crippen LogP contribution >= 0.6 is 0 Å². The van der Waals surface area contributed by atoms with Crippen molar-refractivity contribution in [1.29, 1.82) is 0 Å². The van der Waals surface area contributed by atoms with E-state index < -0.39 is 73.1 Å². The number of carbonyl (C=O) groups is 1. The molecule has 0 bridgehead atoms. The van der Waals surface area contributed by atoms with Gasteiger partial charge in [-0.25, -0.2) is 8.78 Å². The Hall–Kier alpha value is -1.77. The first-order chi connectivity index (χ1) is 10.8. The molecule has 0 saturated heterocycles. The molecule has 0 saturated carbocycles. The van der Waals surface area contributed by atoms with Crippen molar-refractivity contribution < 1.29 is 52.7 Å². The summed E-state index contributed by atoms with van der Waals surface area (Å²) in [6, 6.07) is 0. The Balaban J connectivity index is 3.13. The summed E-state index contributed by atoms with van der Waals surface area (Å²) in [4.78, 5) is 8.97. The molecule has 0 aliphatic carbocycles. The van der Waals surface area contributed by atoms with Gasteiger partial charge in [-0.2, -0.15) is 25.6 Å². The summed E-state index contributed by atoms with van der Waals surface area (Å²) in [7, 11) is -9.56. The Labute approximate surface area is 132 Å². The molecule has 0 heterocycles. The lowest BCUT2D eigenvalue weighted by molar-refractivity contribution is -0.135. The van der Waals surface area contributed by atoms with Crippen LogP contribution in [0.5, 0.6) is 5.75 Å². The minimum absolute atomic E-state index is 0.649. The largest absolute Gasteiger partial charge is 0.420 e. The highest BCUT2D eigenvalue weighted by atomic mass is 32.2. The van der Waals surface area contributed by atoms with Crippen LogP contribution in [0.3, 0.4) is 0 Å². The fourth-order valence-electron chi connectivity index (χ4n) is 1.35. The number of hydrogen-bond donors (Lipinski definition) is 1. The quantitative estimate of drug-likeness (QED) is 0.187. The molecule has 1 rings (SSSR count). The SMILES string of the molecule is CS(=O)(=O)OCCC(=O)Oc1c(F)c(F)c(S(=O)(=O)O)c(F)c1F. The van der Waals surface area contributed by atoms with E-state index in [1.54, 1.807) is 0 Å². The third-order valence-electron chi connectivity index (χ3n) is 2.26. The zero-order valence-corrected chi connectivity index (χ0v) is 13.2. The fourth-order valence-corrected chi connectivity index (χ4v) is 2.37. The fraction of sp³-hybridized carbons (Fsp3) is 0.300. The van der Waals surface area contributed by atoms with Crippen molar-refractivity contribution in [3.05, 3.63) is 23.3 Å². The summed E-state index contributed by atoms with van der Waals surface area (Å²) in [6.45, 7) is -0.783. The Bertz CT molecular complexity index is 850. The first-order valence-electron chi connectivity index (χ1n) is 5.64. The highest BCUT2D eigenvalue weighted by molar-refractivity contribution is 7.86. The van der Waals surface area contributed by atoms with Crippen molar-refractivity contribution in [2.75, 3.05) is 12.9 Å². The second-order valence-electron chi connectivity index (χ2n) is 4.14. The molecule has 8 nitrogen and oxygen atoms in total. The monoisotopic (exact) mass is 396 g/mol. The Morgan fingerprint density at radius 1 is 1.00 bits per heavy atom. The molecular formula is C10H8F4O8S2. The number of hydrogen-bond acceptors (Lipinski definition) is 7. The van der Waals surface area contributed by atoms with Crippen LogP contribution in [0.25, 0.3) is 0 Å². The van der Waals surface area contributed by atoms with Gasteiger partial charge < -0.3 is 4.74 Å². The van der Waals surface area contributed by atoms with Crippen LogP contribution in [0, 0.1) is 23.3 Å². The number of halogens is 4. The molecule has 0 aliphatic rings. The third kappa shape index (κ3) is 4.86. The zero-order chi connectivity index (χ0) is 18.9. The summed E-state index contributed by atoms with van der Waals surface area (Å²) in [6.07, 6.45) is -0.217. The van der Waals surface area contributed by atoms with Crippen LogP contribution in [0.4, 0.5) is 17.6 Å². The molecule has 0 aliphatic heterocycles. The van der Waals surface area contributed by atoms with Crippen LogP contribution < -0.4 is 4.74 Å². The molecule has 1 N–H and O–H groups in total. The van der Waals surface area contributed by atoms with Gasteiger partial charge in [0.15, 0.2) is 16.5 Å². The predicted molar refractivity (Wildman–Crippen MR) is 67.1 cm³/mol. The topological polar surface area (TPSA) is 124 Å². The van der Waals surface area contributed by atoms with Crippen molar-refractivity contribution in [3.63, 3.8) is 0 Å². The van der Waals surface area contributed by atoms with E-state index in [0.717, 1.165) is 0 Å². The molecule has 136 valence electrons. The molecule has 0 amide bonds. The van der Waals surface area contributed by atoms with Crippen LogP contribution in [0.1, 0.15) is 6.42 Å². The summed E-state index contributed by atoms with van der Waals surface area (Å²) in [5.41, 5.74) is 0. The molecule has 1 aromatic carbocycles. The van der Waals surface area contributed by atoms with Gasteiger partial charge in [0.1, 0.15) is 0 Å². The summed E-state index contributed by atoms with van der Waals surface area (Å²) < 4.78 is 113. The average Bonchev–Trinajstić information content (AvgIpc) is 2.38. The van der Waals surface area contributed by atoms with E-state index >= 15 is 0 Å². The maximum absolute atomic E-state index is 13.5. The number of ether oxygens (including phenoxy) is 1. The van der Waals surface area contributed by atoms with Gasteiger partial charge >= 0.3 is 16.1 Å². The second kappa shape index (κ2) is 7.00. The van der Waals surface area contributed by atoms with Crippen LogP contribution in [-0.4, -0.2) is 40.2 Å². The maximum Gasteiger partial charge on any atom is 0.313 e. The van der Waals surface area contributed by atoms with E-state index in [4.69, 9.17) is 4.55 Å². The van der Waals surface area contributed by atoms with E-state index in [9.17, 15) is 39.2 Å². The summed E-state index contributed by atoms with van der Waals surface area (Å²) in [5.74, 6) is -13.2. The standard InChI is InChI=1S/C10H8F4O8S2/c1-23(16,17)21-3-2-4(15)22-9-5(11)7(13)10(24(18,19)20)8(14)6(9)12/h2-3H2,1H3,(H,18,19,20). The van der Waals surface area contributed by atoms with Gasteiger partial charge in [0.05, 0.1) is 19.3 Å². The second-order valence-corrected chi connectivity index (χ2v) is 7.14. The maximum atomic E-state index is 13.5. The number of carbonyl (C=O) groups excluding carboxylic acids is 1. The molecule has 0 spiro atoms. The van der Waals surface area contributed by atoms with Crippen LogP contribution in [0.2, 0.25) is 0 Å². The van der Waals surface area contributed by atoms with Gasteiger partial charge in [0.25, 0.3) is 10.1 Å². The minimum Gasteiger partial charge on any atom is -0.420 e. The first kappa shape index (κ1) is 20.3. The van der Waals surface area contributed by atoms with Crippen molar-refractivity contribution in [3.8, 4) is 5.75 Å². The highest BCUT2D eigenvalue weighted by Crippen LogP contribution is 2.32. The molecular weight excluding hydrogens is 388 g/mol. The Kier molecular flexibility index (Phi) is 5.91. The van der Waals surface area contributed by atoms with E-state index in [2.05, 4.69) is 8.92 Å². The third-order valence-corrected chi connectivity index (χ3v) is 3.73. The van der Waals surface area contributed by atoms with Crippen molar-refractivity contribution >= 4 is 26.2 Å². The van der Waals surface area contributed by atoms with Crippen molar-refractivity contribution in [2.45, 2.75) is 11.3 Å². The predicted octanol–water partition coefficient (Wildman–Crippen LogP) is 0.761. The van der Waals surface area contributed by atoms with Gasteiger partial charge in [0.2, 0.25) is 17.4 Å². The summed E-state index contributed by atoms with van der Waals surface area (Å²) >= 11 is 0. The lowest BCUT2D eigenvalue weighted by atomic mass is 10.3. The van der Waals surface area contributed by atoms with Gasteiger partial charge in [-0.05, 0) is 0 Å². The molecule has 0 fully saturated rings. The first-order valence-corrected chi connectivity index (χ1v) is 8.90. The zero-order valence-electron chi connectivity index (χ0n) is 11.5. The molecule has 24 heavy (non-hydrogen) atoms. The molecule has 14 heteroatoms. The Morgan fingerprint density at radius 3 is 1.83 bits per heavy atom. The molecule has 0 atom stereocenters. The normalized spacial score (nSPS) is 12.2. The molecule has 0 aromatic heterocycles. The summed E-state index contributed by atoms with van der Waals surface area (Å²) in [5, 5.41) is 0. The van der Waals surface area contributed by atoms with Gasteiger partial charge in [-0.1, -0.05) is 0 Å². The molecule has 0 radical (unpaired) electrons. The van der Waals surface area contributed by atoms with Crippen LogP contribution in [-0.2, 0) is 29.2 Å². The van der Waals surface area contributed by atoms with E-state index in [-0.39, 0.29) is 0 Å². The van der Waals surface area contributed by atoms with E-state index in [1.165, 1.54) is 0 Å². The highest BCUT2D eigenvalue weighted by Gasteiger charge is 2.34. The smallest absolute Gasteiger partial charge is 0.313 e. The Morgan fingerprint density at radius 2 is 1.46 bits per heavy atom. The number of benzene rings is 1. The average molecular weight is 396 g/mol. The lowest BCUT2D eigenvalue weighted by Crippen LogP contribution is -2.17. The van der Waals surface area contributed by atoms with Crippen molar-refractivity contribution in [1.82, 2.24) is 0 Å². The minimum atomic E-state index is -5.64. The van der Waals surface area contributed by atoms with Gasteiger partial charge in [0, 0.05) is 0 Å². The lowest BCUT2D eigenvalue weighted by Gasteiger charge is -2.10. The molecule has 1 aromatic rings. The number of rotatable bonds is 6. The van der Waals surface area contributed by atoms with Gasteiger partial charge in [-0.15, -0.1) is 0 Å². The molecule has 0 unspecified atom stereocenters.